The number of anilines is 2. The van der Waals surface area contributed by atoms with Crippen molar-refractivity contribution in [2.75, 3.05) is 23.7 Å². The summed E-state index contributed by atoms with van der Waals surface area (Å²) in [4.78, 5) is 36.6. The Labute approximate surface area is 153 Å². The molecule has 6 heteroatoms. The molecule has 26 heavy (non-hydrogen) atoms. The van der Waals surface area contributed by atoms with Gasteiger partial charge in [0.25, 0.3) is 0 Å². The van der Waals surface area contributed by atoms with E-state index in [1.54, 1.807) is 24.3 Å². The van der Waals surface area contributed by atoms with Crippen LogP contribution in [0.5, 0.6) is 0 Å². The first kappa shape index (κ1) is 19.2. The van der Waals surface area contributed by atoms with Crippen LogP contribution in [-0.4, -0.2) is 35.7 Å². The molecule has 0 fully saturated rings. The van der Waals surface area contributed by atoms with E-state index in [1.165, 1.54) is 18.7 Å². The monoisotopic (exact) mass is 353 g/mol. The maximum absolute atomic E-state index is 12.2. The van der Waals surface area contributed by atoms with E-state index >= 15 is 0 Å². The van der Waals surface area contributed by atoms with Crippen molar-refractivity contribution >= 4 is 29.1 Å². The molecule has 0 radical (unpaired) electrons. The fourth-order valence-corrected chi connectivity index (χ4v) is 2.47. The number of nitrogens with one attached hydrogen (secondary N) is 2. The Hall–Kier alpha value is -3.15. The fourth-order valence-electron chi connectivity index (χ4n) is 2.47. The third-order valence-electron chi connectivity index (χ3n) is 3.78. The van der Waals surface area contributed by atoms with E-state index in [9.17, 15) is 14.4 Å². The summed E-state index contributed by atoms with van der Waals surface area (Å²) >= 11 is 0. The molecule has 0 aromatic heterocycles. The zero-order valence-corrected chi connectivity index (χ0v) is 15.0. The summed E-state index contributed by atoms with van der Waals surface area (Å²) in [5.41, 5.74) is 2.38. The van der Waals surface area contributed by atoms with Gasteiger partial charge in [0.05, 0.1) is 6.54 Å². The topological polar surface area (TPSA) is 78.5 Å². The highest BCUT2D eigenvalue weighted by atomic mass is 16.2. The SMILES string of the molecule is CC(=O)Nc1ccc(NC(=O)CN(CCc2ccccc2)C(C)=O)cc1. The number of carbonyl (C=O) groups excluding carboxylic acids is 3. The molecule has 0 aliphatic carbocycles. The molecular formula is C20H23N3O3. The molecule has 3 amide bonds. The number of carbonyl (C=O) groups is 3. The molecule has 2 N–H and O–H groups in total. The maximum Gasteiger partial charge on any atom is 0.243 e. The van der Waals surface area contributed by atoms with Gasteiger partial charge in [0.1, 0.15) is 0 Å². The van der Waals surface area contributed by atoms with E-state index in [2.05, 4.69) is 10.6 Å². The normalized spacial score (nSPS) is 10.1. The molecule has 0 unspecified atom stereocenters. The van der Waals surface area contributed by atoms with Crippen molar-refractivity contribution in [1.82, 2.24) is 4.90 Å². The lowest BCUT2D eigenvalue weighted by Crippen LogP contribution is -2.38. The van der Waals surface area contributed by atoms with Crippen LogP contribution in [0.25, 0.3) is 0 Å². The van der Waals surface area contributed by atoms with E-state index in [-0.39, 0.29) is 24.3 Å². The summed E-state index contributed by atoms with van der Waals surface area (Å²) in [6.07, 6.45) is 0.694. The van der Waals surface area contributed by atoms with Gasteiger partial charge in [0.15, 0.2) is 0 Å². The maximum atomic E-state index is 12.2. The van der Waals surface area contributed by atoms with Crippen LogP contribution in [0.3, 0.4) is 0 Å². The highest BCUT2D eigenvalue weighted by Crippen LogP contribution is 2.13. The van der Waals surface area contributed by atoms with Crippen LogP contribution in [0.4, 0.5) is 11.4 Å². The lowest BCUT2D eigenvalue weighted by Gasteiger charge is -2.20. The molecule has 0 aliphatic heterocycles. The zero-order chi connectivity index (χ0) is 18.9. The minimum Gasteiger partial charge on any atom is -0.333 e. The van der Waals surface area contributed by atoms with Crippen LogP contribution in [0, 0.1) is 0 Å². The van der Waals surface area contributed by atoms with Crippen LogP contribution in [0.2, 0.25) is 0 Å². The second-order valence-electron chi connectivity index (χ2n) is 5.98. The Kier molecular flexibility index (Phi) is 6.91. The van der Waals surface area contributed by atoms with Crippen molar-refractivity contribution in [1.29, 1.82) is 0 Å². The number of hydrogen-bond donors (Lipinski definition) is 2. The van der Waals surface area contributed by atoms with Gasteiger partial charge in [-0.05, 0) is 36.2 Å². The number of nitrogens with zero attached hydrogens (tertiary/aromatic N) is 1. The van der Waals surface area contributed by atoms with Crippen molar-refractivity contribution in [2.24, 2.45) is 0 Å². The van der Waals surface area contributed by atoms with Gasteiger partial charge in [0.2, 0.25) is 17.7 Å². The summed E-state index contributed by atoms with van der Waals surface area (Å²) in [6, 6.07) is 16.6. The molecule has 6 nitrogen and oxygen atoms in total. The van der Waals surface area contributed by atoms with Gasteiger partial charge in [-0.2, -0.15) is 0 Å². The van der Waals surface area contributed by atoms with E-state index in [0.29, 0.717) is 24.3 Å². The van der Waals surface area contributed by atoms with E-state index in [4.69, 9.17) is 0 Å². The van der Waals surface area contributed by atoms with Crippen molar-refractivity contribution in [3.63, 3.8) is 0 Å². The predicted octanol–water partition coefficient (Wildman–Crippen LogP) is 2.67. The first-order valence-corrected chi connectivity index (χ1v) is 8.41. The Morgan fingerprint density at radius 2 is 1.42 bits per heavy atom. The number of rotatable bonds is 7. The molecule has 2 aromatic carbocycles. The van der Waals surface area contributed by atoms with Crippen LogP contribution in [0.1, 0.15) is 19.4 Å². The van der Waals surface area contributed by atoms with Crippen molar-refractivity contribution in [3.8, 4) is 0 Å². The molecule has 0 saturated heterocycles. The fraction of sp³-hybridized carbons (Fsp3) is 0.250. The molecule has 0 bridgehead atoms. The number of amides is 3. The van der Waals surface area contributed by atoms with Gasteiger partial charge in [-0.1, -0.05) is 30.3 Å². The Bertz CT molecular complexity index is 758. The molecule has 0 aliphatic rings. The molecule has 0 saturated carbocycles. The second kappa shape index (κ2) is 9.36. The molecule has 0 heterocycles. The van der Waals surface area contributed by atoms with Crippen LogP contribution in [0.15, 0.2) is 54.6 Å². The highest BCUT2D eigenvalue weighted by molar-refractivity contribution is 5.95. The Morgan fingerprint density at radius 1 is 0.846 bits per heavy atom. The average molecular weight is 353 g/mol. The predicted molar refractivity (Wildman–Crippen MR) is 102 cm³/mol. The lowest BCUT2D eigenvalue weighted by molar-refractivity contribution is -0.132. The van der Waals surface area contributed by atoms with E-state index in [1.807, 2.05) is 30.3 Å². The standard InChI is InChI=1S/C20H23N3O3/c1-15(24)21-18-8-10-19(11-9-18)22-20(26)14-23(16(2)25)13-12-17-6-4-3-5-7-17/h3-11H,12-14H2,1-2H3,(H,21,24)(H,22,26). The van der Waals surface area contributed by atoms with Crippen LogP contribution in [-0.2, 0) is 20.8 Å². The summed E-state index contributed by atoms with van der Waals surface area (Å²) in [6.45, 7) is 3.37. The van der Waals surface area contributed by atoms with Crippen molar-refractivity contribution in [3.05, 3.63) is 60.2 Å². The summed E-state index contributed by atoms with van der Waals surface area (Å²) in [5, 5.41) is 5.42. The average Bonchev–Trinajstić information content (AvgIpc) is 2.60. The molecule has 0 spiro atoms. The van der Waals surface area contributed by atoms with Gasteiger partial charge >= 0.3 is 0 Å². The first-order chi connectivity index (χ1) is 12.4. The summed E-state index contributed by atoms with van der Waals surface area (Å²) < 4.78 is 0. The minimum absolute atomic E-state index is 0.00435. The molecule has 2 aromatic rings. The second-order valence-corrected chi connectivity index (χ2v) is 5.98. The lowest BCUT2D eigenvalue weighted by atomic mass is 10.1. The van der Waals surface area contributed by atoms with Crippen LogP contribution < -0.4 is 10.6 Å². The third kappa shape index (κ3) is 6.39. The van der Waals surface area contributed by atoms with Crippen molar-refractivity contribution in [2.45, 2.75) is 20.3 Å². The summed E-state index contributed by atoms with van der Waals surface area (Å²) in [7, 11) is 0. The van der Waals surface area contributed by atoms with Crippen LogP contribution >= 0.6 is 0 Å². The number of hydrogen-bond acceptors (Lipinski definition) is 3. The molecule has 0 atom stereocenters. The molecular weight excluding hydrogens is 330 g/mol. The van der Waals surface area contributed by atoms with E-state index < -0.39 is 0 Å². The van der Waals surface area contributed by atoms with Gasteiger partial charge in [0, 0.05) is 31.8 Å². The largest absolute Gasteiger partial charge is 0.333 e. The van der Waals surface area contributed by atoms with Gasteiger partial charge < -0.3 is 15.5 Å². The number of benzene rings is 2. The molecule has 136 valence electrons. The Morgan fingerprint density at radius 3 is 1.96 bits per heavy atom. The van der Waals surface area contributed by atoms with Crippen molar-refractivity contribution < 1.29 is 14.4 Å². The quantitative estimate of drug-likeness (QED) is 0.803. The smallest absolute Gasteiger partial charge is 0.243 e. The van der Waals surface area contributed by atoms with Gasteiger partial charge in [-0.15, -0.1) is 0 Å². The third-order valence-corrected chi connectivity index (χ3v) is 3.78. The van der Waals surface area contributed by atoms with Gasteiger partial charge in [-0.25, -0.2) is 0 Å². The highest BCUT2D eigenvalue weighted by Gasteiger charge is 2.13. The zero-order valence-electron chi connectivity index (χ0n) is 15.0. The van der Waals surface area contributed by atoms with Gasteiger partial charge in [-0.3, -0.25) is 14.4 Å². The Balaban J connectivity index is 1.88. The first-order valence-electron chi connectivity index (χ1n) is 8.41. The molecule has 2 rings (SSSR count). The summed E-state index contributed by atoms with van der Waals surface area (Å²) in [5.74, 6) is -0.560. The minimum atomic E-state index is -0.263. The van der Waals surface area contributed by atoms with E-state index in [0.717, 1.165) is 5.56 Å².